The Hall–Kier alpha value is -3.79. The fourth-order valence-electron chi connectivity index (χ4n) is 4.29. The summed E-state index contributed by atoms with van der Waals surface area (Å²) in [7, 11) is 0. The number of aliphatic imine (C=N–C) groups is 1. The molecule has 0 bridgehead atoms. The van der Waals surface area contributed by atoms with Crippen molar-refractivity contribution in [2.45, 2.75) is 19.8 Å². The van der Waals surface area contributed by atoms with Crippen molar-refractivity contribution in [3.05, 3.63) is 96.3 Å². The number of hydrogen-bond donors (Lipinski definition) is 1. The van der Waals surface area contributed by atoms with Gasteiger partial charge in [-0.3, -0.25) is 4.99 Å². The van der Waals surface area contributed by atoms with Crippen LogP contribution in [0.3, 0.4) is 0 Å². The Morgan fingerprint density at radius 3 is 2.44 bits per heavy atom. The predicted octanol–water partition coefficient (Wildman–Crippen LogP) is 6.40. The van der Waals surface area contributed by atoms with Crippen LogP contribution < -0.4 is 5.32 Å². The molecule has 4 aromatic rings. The van der Waals surface area contributed by atoms with Gasteiger partial charge in [0.05, 0.1) is 5.69 Å². The zero-order valence-electron chi connectivity index (χ0n) is 18.2. The summed E-state index contributed by atoms with van der Waals surface area (Å²) < 4.78 is 0. The number of nitrogens with one attached hydrogen (secondary N) is 1. The third kappa shape index (κ3) is 4.17. The zero-order valence-corrected chi connectivity index (χ0v) is 18.2. The highest BCUT2D eigenvalue weighted by atomic mass is 15.2. The number of allylic oxidation sites excluding steroid dienone is 1. The van der Waals surface area contributed by atoms with E-state index in [1.807, 2.05) is 24.5 Å². The summed E-state index contributed by atoms with van der Waals surface area (Å²) in [6.07, 6.45) is 5.77. The highest BCUT2D eigenvalue weighted by Crippen LogP contribution is 2.37. The van der Waals surface area contributed by atoms with E-state index in [-0.39, 0.29) is 0 Å². The fraction of sp³-hybridized carbons (Fsp3) is 0.179. The van der Waals surface area contributed by atoms with Gasteiger partial charge >= 0.3 is 0 Å². The van der Waals surface area contributed by atoms with Crippen molar-refractivity contribution in [3.63, 3.8) is 0 Å². The Morgan fingerprint density at radius 2 is 1.66 bits per heavy atom. The summed E-state index contributed by atoms with van der Waals surface area (Å²) >= 11 is 0. The van der Waals surface area contributed by atoms with E-state index >= 15 is 0 Å². The topological polar surface area (TPSA) is 50.2 Å². The molecule has 1 aliphatic rings. The maximum absolute atomic E-state index is 4.67. The average Bonchev–Trinajstić information content (AvgIpc) is 2.85. The molecule has 0 saturated heterocycles. The lowest BCUT2D eigenvalue weighted by molar-refractivity contribution is 0.804. The molecule has 1 atom stereocenters. The second-order valence-electron chi connectivity index (χ2n) is 8.29. The van der Waals surface area contributed by atoms with Gasteiger partial charge < -0.3 is 5.32 Å². The third-order valence-corrected chi connectivity index (χ3v) is 5.86. The van der Waals surface area contributed by atoms with Gasteiger partial charge in [-0.05, 0) is 41.0 Å². The molecule has 2 heterocycles. The molecule has 0 amide bonds. The van der Waals surface area contributed by atoms with Crippen LogP contribution in [0.1, 0.15) is 24.6 Å². The average molecular weight is 419 g/mol. The van der Waals surface area contributed by atoms with E-state index in [0.717, 1.165) is 52.8 Å². The molecular weight excluding hydrogens is 392 g/mol. The molecule has 5 rings (SSSR count). The second-order valence-corrected chi connectivity index (χ2v) is 8.29. The molecule has 4 nitrogen and oxygen atoms in total. The number of benzene rings is 3. The van der Waals surface area contributed by atoms with Gasteiger partial charge in [0.2, 0.25) is 0 Å². The first kappa shape index (κ1) is 20.1. The van der Waals surface area contributed by atoms with E-state index in [0.29, 0.717) is 5.92 Å². The van der Waals surface area contributed by atoms with Crippen LogP contribution in [0, 0.1) is 5.92 Å². The molecule has 158 valence electrons. The summed E-state index contributed by atoms with van der Waals surface area (Å²) in [6.45, 7) is 2.97. The van der Waals surface area contributed by atoms with Crippen molar-refractivity contribution in [1.29, 1.82) is 0 Å². The normalized spacial score (nSPS) is 15.5. The summed E-state index contributed by atoms with van der Waals surface area (Å²) in [5.74, 6) is 1.22. The lowest BCUT2D eigenvalue weighted by atomic mass is 9.93. The van der Waals surface area contributed by atoms with E-state index in [4.69, 9.17) is 0 Å². The lowest BCUT2D eigenvalue weighted by Gasteiger charge is -2.18. The van der Waals surface area contributed by atoms with Crippen LogP contribution in [0.5, 0.6) is 0 Å². The largest absolute Gasteiger partial charge is 0.368 e. The molecule has 0 fully saturated rings. The molecule has 1 aromatic heterocycles. The first-order valence-corrected chi connectivity index (χ1v) is 11.1. The molecule has 1 aliphatic heterocycles. The van der Waals surface area contributed by atoms with Gasteiger partial charge in [0, 0.05) is 29.7 Å². The minimum absolute atomic E-state index is 0.396. The Labute approximate surface area is 188 Å². The highest BCUT2D eigenvalue weighted by molar-refractivity contribution is 6.07. The van der Waals surface area contributed by atoms with Crippen LogP contribution in [-0.2, 0) is 6.42 Å². The van der Waals surface area contributed by atoms with Crippen molar-refractivity contribution < 1.29 is 0 Å². The second kappa shape index (κ2) is 9.15. The van der Waals surface area contributed by atoms with Crippen molar-refractivity contribution in [3.8, 4) is 11.1 Å². The monoisotopic (exact) mass is 418 g/mol. The van der Waals surface area contributed by atoms with E-state index in [9.17, 15) is 0 Å². The number of nitrogens with zero attached hydrogens (tertiary/aromatic N) is 3. The molecule has 4 heteroatoms. The number of fused-ring (bicyclic) bond motifs is 1. The Morgan fingerprint density at radius 1 is 0.875 bits per heavy atom. The Balaban J connectivity index is 1.59. The quantitative estimate of drug-likeness (QED) is 0.394. The maximum Gasteiger partial charge on any atom is 0.157 e. The minimum Gasteiger partial charge on any atom is -0.368 e. The van der Waals surface area contributed by atoms with Gasteiger partial charge in [0.15, 0.2) is 5.82 Å². The number of aromatic nitrogens is 2. The Bertz CT molecular complexity index is 1280. The first-order chi connectivity index (χ1) is 15.8. The summed E-state index contributed by atoms with van der Waals surface area (Å²) in [4.78, 5) is 4.44. The van der Waals surface area contributed by atoms with Gasteiger partial charge in [0.1, 0.15) is 0 Å². The van der Waals surface area contributed by atoms with Crippen molar-refractivity contribution >= 4 is 28.4 Å². The molecule has 0 saturated carbocycles. The van der Waals surface area contributed by atoms with E-state index in [1.165, 1.54) is 11.1 Å². The van der Waals surface area contributed by atoms with Gasteiger partial charge in [-0.2, -0.15) is 0 Å². The molecule has 3 aromatic carbocycles. The van der Waals surface area contributed by atoms with Gasteiger partial charge in [-0.15, -0.1) is 10.2 Å². The summed E-state index contributed by atoms with van der Waals surface area (Å²) in [6, 6.07) is 27.4. The molecule has 1 unspecified atom stereocenters. The van der Waals surface area contributed by atoms with Gasteiger partial charge in [-0.25, -0.2) is 0 Å². The van der Waals surface area contributed by atoms with E-state index in [2.05, 4.69) is 94.2 Å². The third-order valence-electron chi connectivity index (χ3n) is 5.86. The number of hydrogen-bond acceptors (Lipinski definition) is 4. The molecule has 0 aliphatic carbocycles. The summed E-state index contributed by atoms with van der Waals surface area (Å²) in [5, 5.41) is 15.1. The van der Waals surface area contributed by atoms with E-state index < -0.39 is 0 Å². The van der Waals surface area contributed by atoms with Crippen LogP contribution >= 0.6 is 0 Å². The fourth-order valence-corrected chi connectivity index (χ4v) is 4.29. The molecule has 32 heavy (non-hydrogen) atoms. The van der Waals surface area contributed by atoms with Crippen LogP contribution in [-0.4, -0.2) is 23.0 Å². The van der Waals surface area contributed by atoms with Gasteiger partial charge in [0.25, 0.3) is 0 Å². The zero-order chi connectivity index (χ0) is 21.8. The maximum atomic E-state index is 4.67. The smallest absolute Gasteiger partial charge is 0.157 e. The lowest BCUT2D eigenvalue weighted by Crippen LogP contribution is -2.10. The predicted molar refractivity (Wildman–Crippen MR) is 134 cm³/mol. The van der Waals surface area contributed by atoms with Crippen molar-refractivity contribution in [2.24, 2.45) is 10.9 Å². The number of anilines is 1. The summed E-state index contributed by atoms with van der Waals surface area (Å²) in [5.41, 5.74) is 5.70. The standard InChI is InChI=1S/C28H26N4/c1-20-17-23(19-29-18-20)27-25-14-8-13-24(22-11-6-3-7-12-22)26(25)28(32-31-27)30-16-15-21-9-4-2-5-10-21/h2-14,18-20H,15-17H2,1H3,(H,30,32). The SMILES string of the molecule is CC1C=NC=C(c2nnc(NCCc3ccccc3)c3c(-c4ccccc4)cccc23)C1. The Kier molecular flexibility index (Phi) is 5.75. The van der Waals surface area contributed by atoms with E-state index in [1.54, 1.807) is 0 Å². The van der Waals surface area contributed by atoms with Crippen molar-refractivity contribution in [1.82, 2.24) is 10.2 Å². The van der Waals surface area contributed by atoms with Crippen LogP contribution in [0.25, 0.3) is 27.5 Å². The van der Waals surface area contributed by atoms with Crippen LogP contribution in [0.2, 0.25) is 0 Å². The number of rotatable bonds is 6. The first-order valence-electron chi connectivity index (χ1n) is 11.1. The minimum atomic E-state index is 0.396. The molecule has 0 radical (unpaired) electrons. The van der Waals surface area contributed by atoms with Crippen LogP contribution in [0.4, 0.5) is 5.82 Å². The van der Waals surface area contributed by atoms with Gasteiger partial charge in [-0.1, -0.05) is 85.8 Å². The molecular formula is C28H26N4. The van der Waals surface area contributed by atoms with Crippen molar-refractivity contribution in [2.75, 3.05) is 11.9 Å². The van der Waals surface area contributed by atoms with Crippen LogP contribution in [0.15, 0.2) is 90.1 Å². The molecule has 1 N–H and O–H groups in total. The molecule has 0 spiro atoms. The highest BCUT2D eigenvalue weighted by Gasteiger charge is 2.19.